The SMILES string of the molecule is CC(C)c1ccc(C2/C(=C(/O)c3ccc([N+](=O)[O-])cc3)C(=O)C(=O)N2CCOCCO)cc1. The first-order valence-corrected chi connectivity index (χ1v) is 10.6. The first-order chi connectivity index (χ1) is 15.8. The molecular weight excluding hydrogens is 428 g/mol. The van der Waals surface area contributed by atoms with Gasteiger partial charge < -0.3 is 19.8 Å². The van der Waals surface area contributed by atoms with E-state index in [4.69, 9.17) is 9.84 Å². The molecule has 2 N–H and O–H groups in total. The van der Waals surface area contributed by atoms with Crippen LogP contribution in [0.3, 0.4) is 0 Å². The molecule has 1 aliphatic rings. The molecule has 0 saturated carbocycles. The maximum atomic E-state index is 13.0. The molecule has 0 aromatic heterocycles. The minimum Gasteiger partial charge on any atom is -0.507 e. The molecule has 1 fully saturated rings. The second-order valence-corrected chi connectivity index (χ2v) is 7.95. The van der Waals surface area contributed by atoms with Crippen molar-refractivity contribution in [3.05, 3.63) is 80.9 Å². The highest BCUT2D eigenvalue weighted by Crippen LogP contribution is 2.39. The minimum atomic E-state index is -0.848. The van der Waals surface area contributed by atoms with Gasteiger partial charge in [-0.25, -0.2) is 0 Å². The third kappa shape index (κ3) is 5.10. The number of carbonyl (C=O) groups excluding carboxylic acids is 2. The molecule has 2 aromatic carbocycles. The summed E-state index contributed by atoms with van der Waals surface area (Å²) in [7, 11) is 0. The molecule has 0 bridgehead atoms. The number of amides is 1. The van der Waals surface area contributed by atoms with Crippen LogP contribution in [0.25, 0.3) is 5.76 Å². The van der Waals surface area contributed by atoms with Crippen LogP contribution in [0.15, 0.2) is 54.1 Å². The second-order valence-electron chi connectivity index (χ2n) is 7.95. The largest absolute Gasteiger partial charge is 0.507 e. The van der Waals surface area contributed by atoms with Gasteiger partial charge in [0.15, 0.2) is 0 Å². The first-order valence-electron chi connectivity index (χ1n) is 10.6. The van der Waals surface area contributed by atoms with Crippen LogP contribution in [0.4, 0.5) is 5.69 Å². The summed E-state index contributed by atoms with van der Waals surface area (Å²) in [5, 5.41) is 30.8. The van der Waals surface area contributed by atoms with Gasteiger partial charge in [-0.1, -0.05) is 38.1 Å². The highest BCUT2D eigenvalue weighted by molar-refractivity contribution is 6.46. The maximum absolute atomic E-state index is 13.0. The van der Waals surface area contributed by atoms with E-state index >= 15 is 0 Å². The molecule has 1 saturated heterocycles. The third-order valence-corrected chi connectivity index (χ3v) is 5.52. The summed E-state index contributed by atoms with van der Waals surface area (Å²) in [5.74, 6) is -1.73. The average Bonchev–Trinajstić information content (AvgIpc) is 3.06. The van der Waals surface area contributed by atoms with E-state index in [9.17, 15) is 24.8 Å². The van der Waals surface area contributed by atoms with Gasteiger partial charge in [-0.05, 0) is 29.2 Å². The zero-order valence-electron chi connectivity index (χ0n) is 18.4. The number of aliphatic hydroxyl groups excluding tert-OH is 2. The molecule has 33 heavy (non-hydrogen) atoms. The van der Waals surface area contributed by atoms with Crippen LogP contribution >= 0.6 is 0 Å². The van der Waals surface area contributed by atoms with Crippen molar-refractivity contribution in [2.45, 2.75) is 25.8 Å². The van der Waals surface area contributed by atoms with Crippen LogP contribution in [0.1, 0.15) is 42.5 Å². The summed E-state index contributed by atoms with van der Waals surface area (Å²) in [5.41, 5.74) is 1.67. The maximum Gasteiger partial charge on any atom is 0.295 e. The van der Waals surface area contributed by atoms with Crippen LogP contribution in [-0.2, 0) is 14.3 Å². The predicted octanol–water partition coefficient (Wildman–Crippen LogP) is 3.15. The number of likely N-dealkylation sites (tertiary alicyclic amines) is 1. The summed E-state index contributed by atoms with van der Waals surface area (Å²) in [4.78, 5) is 37.5. The summed E-state index contributed by atoms with van der Waals surface area (Å²) in [6.45, 7) is 4.21. The van der Waals surface area contributed by atoms with E-state index in [1.54, 1.807) is 0 Å². The molecule has 1 amide bonds. The van der Waals surface area contributed by atoms with E-state index in [0.29, 0.717) is 5.56 Å². The van der Waals surface area contributed by atoms with E-state index in [1.807, 2.05) is 38.1 Å². The molecular formula is C24H26N2O7. The van der Waals surface area contributed by atoms with Crippen LogP contribution in [-0.4, -0.2) is 58.1 Å². The lowest BCUT2D eigenvalue weighted by Gasteiger charge is -2.25. The van der Waals surface area contributed by atoms with Crippen LogP contribution < -0.4 is 0 Å². The summed E-state index contributed by atoms with van der Waals surface area (Å²) in [6.07, 6.45) is 0. The second kappa shape index (κ2) is 10.4. The number of non-ortho nitro benzene ring substituents is 1. The van der Waals surface area contributed by atoms with Crippen molar-refractivity contribution >= 4 is 23.1 Å². The smallest absolute Gasteiger partial charge is 0.295 e. The first kappa shape index (κ1) is 24.1. The van der Waals surface area contributed by atoms with Gasteiger partial charge in [0.2, 0.25) is 0 Å². The van der Waals surface area contributed by atoms with Gasteiger partial charge in [-0.15, -0.1) is 0 Å². The van der Waals surface area contributed by atoms with Crippen molar-refractivity contribution in [2.75, 3.05) is 26.4 Å². The molecule has 2 aromatic rings. The number of hydrogen-bond acceptors (Lipinski definition) is 7. The number of nitro groups is 1. The topological polar surface area (TPSA) is 130 Å². The van der Waals surface area contributed by atoms with Crippen molar-refractivity contribution in [2.24, 2.45) is 0 Å². The molecule has 9 nitrogen and oxygen atoms in total. The number of carbonyl (C=O) groups is 2. The summed E-state index contributed by atoms with van der Waals surface area (Å²) >= 11 is 0. The Morgan fingerprint density at radius 2 is 1.73 bits per heavy atom. The van der Waals surface area contributed by atoms with E-state index in [2.05, 4.69) is 0 Å². The Hall–Kier alpha value is -3.56. The number of aliphatic hydroxyl groups is 2. The number of ketones is 1. The molecule has 1 aliphatic heterocycles. The Bertz CT molecular complexity index is 1060. The number of rotatable bonds is 9. The van der Waals surface area contributed by atoms with Gasteiger partial charge in [-0.3, -0.25) is 19.7 Å². The standard InChI is InChI=1S/C24H26N2O7/c1-15(2)16-3-5-17(6-4-16)21-20(22(28)18-7-9-19(10-8-18)26(31)32)23(29)24(30)25(21)11-13-33-14-12-27/h3-10,15,21,27-28H,11-14H2,1-2H3/b22-20-. The molecule has 3 rings (SSSR count). The zero-order chi connectivity index (χ0) is 24.1. The van der Waals surface area contributed by atoms with Crippen molar-refractivity contribution in [3.8, 4) is 0 Å². The summed E-state index contributed by atoms with van der Waals surface area (Å²) < 4.78 is 5.28. The Labute approximate surface area is 191 Å². The quantitative estimate of drug-likeness (QED) is 0.149. The molecule has 9 heteroatoms. The van der Waals surface area contributed by atoms with E-state index in [0.717, 1.165) is 5.56 Å². The number of benzene rings is 2. The number of ether oxygens (including phenoxy) is 1. The van der Waals surface area contributed by atoms with E-state index < -0.39 is 28.4 Å². The number of nitrogens with zero attached hydrogens (tertiary/aromatic N) is 2. The molecule has 1 heterocycles. The van der Waals surface area contributed by atoms with Gasteiger partial charge in [0.05, 0.1) is 36.4 Å². The fraction of sp³-hybridized carbons (Fsp3) is 0.333. The van der Waals surface area contributed by atoms with Crippen molar-refractivity contribution in [1.82, 2.24) is 4.90 Å². The van der Waals surface area contributed by atoms with Crippen molar-refractivity contribution in [1.29, 1.82) is 0 Å². The van der Waals surface area contributed by atoms with Crippen LogP contribution in [0, 0.1) is 10.1 Å². The Morgan fingerprint density at radius 1 is 1.09 bits per heavy atom. The molecule has 1 unspecified atom stereocenters. The van der Waals surface area contributed by atoms with Crippen molar-refractivity contribution in [3.63, 3.8) is 0 Å². The molecule has 0 radical (unpaired) electrons. The number of nitro benzene ring substituents is 1. The van der Waals surface area contributed by atoms with Crippen molar-refractivity contribution < 1.29 is 29.5 Å². The lowest BCUT2D eigenvalue weighted by Crippen LogP contribution is -2.33. The molecule has 1 atom stereocenters. The highest BCUT2D eigenvalue weighted by atomic mass is 16.6. The third-order valence-electron chi connectivity index (χ3n) is 5.52. The zero-order valence-corrected chi connectivity index (χ0v) is 18.4. The van der Waals surface area contributed by atoms with Crippen LogP contribution in [0.5, 0.6) is 0 Å². The number of hydrogen-bond donors (Lipinski definition) is 2. The van der Waals surface area contributed by atoms with Gasteiger partial charge in [0.1, 0.15) is 5.76 Å². The lowest BCUT2D eigenvalue weighted by atomic mass is 9.93. The normalized spacial score (nSPS) is 17.7. The Balaban J connectivity index is 2.06. The van der Waals surface area contributed by atoms with Gasteiger partial charge >= 0.3 is 0 Å². The van der Waals surface area contributed by atoms with Crippen LogP contribution in [0.2, 0.25) is 0 Å². The molecule has 0 aliphatic carbocycles. The Morgan fingerprint density at radius 3 is 2.27 bits per heavy atom. The fourth-order valence-electron chi connectivity index (χ4n) is 3.75. The van der Waals surface area contributed by atoms with Gasteiger partial charge in [0.25, 0.3) is 17.4 Å². The molecule has 0 spiro atoms. The summed E-state index contributed by atoms with van der Waals surface area (Å²) in [6, 6.07) is 11.7. The fourth-order valence-corrected chi connectivity index (χ4v) is 3.75. The predicted molar refractivity (Wildman–Crippen MR) is 121 cm³/mol. The number of Topliss-reactive ketones (excluding diaryl/α,β-unsaturated/α-hetero) is 1. The average molecular weight is 454 g/mol. The van der Waals surface area contributed by atoms with E-state index in [1.165, 1.54) is 29.2 Å². The highest BCUT2D eigenvalue weighted by Gasteiger charge is 2.45. The van der Waals surface area contributed by atoms with Gasteiger partial charge in [0, 0.05) is 24.2 Å². The monoisotopic (exact) mass is 454 g/mol. The lowest BCUT2D eigenvalue weighted by molar-refractivity contribution is -0.384. The Kier molecular flexibility index (Phi) is 7.57. The minimum absolute atomic E-state index is 0.0816. The molecule has 174 valence electrons. The van der Waals surface area contributed by atoms with E-state index in [-0.39, 0.29) is 49.1 Å². The van der Waals surface area contributed by atoms with Gasteiger partial charge in [-0.2, -0.15) is 0 Å².